The molecule has 1 saturated heterocycles. The van der Waals surface area contributed by atoms with Gasteiger partial charge in [-0.15, -0.1) is 0 Å². The van der Waals surface area contributed by atoms with Crippen LogP contribution in [0.1, 0.15) is 38.8 Å². The molecule has 0 bridgehead atoms. The number of hydrogen-bond acceptors (Lipinski definition) is 4. The third-order valence-corrected chi connectivity index (χ3v) is 4.37. The molecule has 1 fully saturated rings. The molecule has 1 aromatic rings. The number of phenols is 1. The molecule has 2 rings (SSSR count). The maximum atomic E-state index is 9.98. The molecule has 0 saturated carbocycles. The highest BCUT2D eigenvalue weighted by molar-refractivity contribution is 6.55. The molecule has 1 aliphatic rings. The number of aromatic hydroxyl groups is 1. The van der Waals surface area contributed by atoms with Crippen LogP contribution in [0, 0.1) is 6.92 Å². The Kier molecular flexibility index (Phi) is 4.20. The third kappa shape index (κ3) is 3.00. The smallest absolute Gasteiger partial charge is 0.492 e. The van der Waals surface area contributed by atoms with E-state index < -0.39 is 18.3 Å². The zero-order valence-electron chi connectivity index (χ0n) is 13.3. The quantitative estimate of drug-likeness (QED) is 0.840. The maximum absolute atomic E-state index is 9.98. The summed E-state index contributed by atoms with van der Waals surface area (Å²) in [7, 11) is -0.612. The predicted molar refractivity (Wildman–Crippen MR) is 84.0 cm³/mol. The van der Waals surface area contributed by atoms with Gasteiger partial charge in [0.25, 0.3) is 0 Å². The Morgan fingerprint density at radius 3 is 2.24 bits per heavy atom. The van der Waals surface area contributed by atoms with Crippen LogP contribution in [0.3, 0.4) is 0 Å². The Labute approximate surface area is 126 Å². The van der Waals surface area contributed by atoms with Gasteiger partial charge in [0.05, 0.1) is 17.8 Å². The zero-order chi connectivity index (χ0) is 15.8. The second-order valence-electron chi connectivity index (χ2n) is 6.47. The van der Waals surface area contributed by atoms with Crippen molar-refractivity contribution in [3.05, 3.63) is 34.8 Å². The first-order valence-corrected chi connectivity index (χ1v) is 7.13. The van der Waals surface area contributed by atoms with Crippen LogP contribution in [0.15, 0.2) is 23.7 Å². The van der Waals surface area contributed by atoms with Crippen LogP contribution in [0.25, 0.3) is 6.08 Å². The summed E-state index contributed by atoms with van der Waals surface area (Å²) in [5, 5.41) is 19.6. The third-order valence-electron chi connectivity index (χ3n) is 4.37. The Balaban J connectivity index is 2.36. The van der Waals surface area contributed by atoms with E-state index in [0.717, 1.165) is 5.56 Å². The second-order valence-corrected chi connectivity index (χ2v) is 6.47. The highest BCUT2D eigenvalue weighted by atomic mass is 16.7. The lowest BCUT2D eigenvalue weighted by Gasteiger charge is -2.32. The van der Waals surface area contributed by atoms with Crippen LogP contribution in [-0.4, -0.2) is 35.1 Å². The molecular weight excluding hydrogens is 267 g/mol. The molecule has 0 aromatic heterocycles. The summed E-state index contributed by atoms with van der Waals surface area (Å²) in [6, 6.07) is 5.32. The van der Waals surface area contributed by atoms with E-state index >= 15 is 0 Å². The molecule has 0 unspecified atom stereocenters. The largest absolute Gasteiger partial charge is 0.507 e. The van der Waals surface area contributed by atoms with Gasteiger partial charge in [-0.3, -0.25) is 0 Å². The van der Waals surface area contributed by atoms with Gasteiger partial charge in [-0.05, 0) is 51.7 Å². The summed E-state index contributed by atoms with van der Waals surface area (Å²) in [5.74, 6) is 0.178. The SMILES string of the molecule is Cc1cccc(O)c1C=C(CO)B1OC(C)(C)C(C)(C)O1. The van der Waals surface area contributed by atoms with Gasteiger partial charge in [-0.2, -0.15) is 0 Å². The molecule has 114 valence electrons. The zero-order valence-corrected chi connectivity index (χ0v) is 13.3. The minimum atomic E-state index is -0.612. The van der Waals surface area contributed by atoms with Gasteiger partial charge >= 0.3 is 7.12 Å². The molecule has 21 heavy (non-hydrogen) atoms. The average Bonchev–Trinajstić information content (AvgIpc) is 2.58. The molecule has 2 N–H and O–H groups in total. The van der Waals surface area contributed by atoms with Crippen molar-refractivity contribution in [2.45, 2.75) is 45.8 Å². The first-order valence-electron chi connectivity index (χ1n) is 7.13. The van der Waals surface area contributed by atoms with E-state index in [2.05, 4.69) is 0 Å². The minimum Gasteiger partial charge on any atom is -0.507 e. The highest BCUT2D eigenvalue weighted by Crippen LogP contribution is 2.39. The summed E-state index contributed by atoms with van der Waals surface area (Å²) >= 11 is 0. The van der Waals surface area contributed by atoms with Crippen LogP contribution in [0.5, 0.6) is 5.75 Å². The molecule has 4 nitrogen and oxygen atoms in total. The molecule has 0 radical (unpaired) electrons. The Morgan fingerprint density at radius 1 is 1.19 bits per heavy atom. The van der Waals surface area contributed by atoms with Crippen molar-refractivity contribution in [1.82, 2.24) is 0 Å². The van der Waals surface area contributed by atoms with E-state index in [1.165, 1.54) is 0 Å². The lowest BCUT2D eigenvalue weighted by atomic mass is 9.77. The van der Waals surface area contributed by atoms with E-state index in [0.29, 0.717) is 11.0 Å². The van der Waals surface area contributed by atoms with E-state index in [1.807, 2.05) is 40.7 Å². The van der Waals surface area contributed by atoms with Crippen LogP contribution in [0.2, 0.25) is 0 Å². The van der Waals surface area contributed by atoms with E-state index in [1.54, 1.807) is 18.2 Å². The predicted octanol–water partition coefficient (Wildman–Crippen LogP) is 2.71. The van der Waals surface area contributed by atoms with E-state index in [-0.39, 0.29) is 12.4 Å². The molecule has 0 spiro atoms. The fourth-order valence-corrected chi connectivity index (χ4v) is 2.22. The number of aryl methyl sites for hydroxylation is 1. The van der Waals surface area contributed by atoms with Crippen LogP contribution in [0.4, 0.5) is 0 Å². The summed E-state index contributed by atoms with van der Waals surface area (Å²) in [4.78, 5) is 0. The van der Waals surface area contributed by atoms with Gasteiger partial charge < -0.3 is 19.5 Å². The number of rotatable bonds is 3. The Morgan fingerprint density at radius 2 is 1.76 bits per heavy atom. The number of aliphatic hydroxyl groups excluding tert-OH is 1. The standard InChI is InChI=1S/C16H23BO4/c1-11-7-6-8-14(19)13(11)9-12(10-18)17-20-15(2,3)16(4,5)21-17/h6-9,18-19H,10H2,1-5H3. The molecule has 0 aliphatic carbocycles. The van der Waals surface area contributed by atoms with Crippen LogP contribution >= 0.6 is 0 Å². The molecule has 0 amide bonds. The van der Waals surface area contributed by atoms with Crippen molar-refractivity contribution in [3.63, 3.8) is 0 Å². The van der Waals surface area contributed by atoms with Crippen LogP contribution in [-0.2, 0) is 9.31 Å². The van der Waals surface area contributed by atoms with Crippen molar-refractivity contribution < 1.29 is 19.5 Å². The molecule has 1 aromatic carbocycles. The molecular formula is C16H23BO4. The molecule has 0 atom stereocenters. The summed E-state index contributed by atoms with van der Waals surface area (Å²) in [6.45, 7) is 9.58. The summed E-state index contributed by atoms with van der Waals surface area (Å²) in [5.41, 5.74) is 1.28. The highest BCUT2D eigenvalue weighted by Gasteiger charge is 2.52. The maximum Gasteiger partial charge on any atom is 0.492 e. The number of phenolic OH excluding ortho intramolecular Hbond substituents is 1. The number of hydrogen-bond donors (Lipinski definition) is 2. The van der Waals surface area contributed by atoms with Crippen molar-refractivity contribution >= 4 is 13.2 Å². The monoisotopic (exact) mass is 290 g/mol. The average molecular weight is 290 g/mol. The van der Waals surface area contributed by atoms with Gasteiger partial charge in [0, 0.05) is 5.56 Å². The summed E-state index contributed by atoms with van der Waals surface area (Å²) in [6.07, 6.45) is 1.74. The van der Waals surface area contributed by atoms with Crippen molar-refractivity contribution in [2.24, 2.45) is 0 Å². The first kappa shape index (κ1) is 16.1. The fraction of sp³-hybridized carbons (Fsp3) is 0.500. The Bertz CT molecular complexity index is 527. The topological polar surface area (TPSA) is 58.9 Å². The first-order chi connectivity index (χ1) is 9.68. The second kappa shape index (κ2) is 5.48. The van der Waals surface area contributed by atoms with Gasteiger partial charge in [0.1, 0.15) is 5.75 Å². The van der Waals surface area contributed by atoms with E-state index in [9.17, 15) is 10.2 Å². The number of aliphatic hydroxyl groups is 1. The normalized spacial score (nSPS) is 20.9. The van der Waals surface area contributed by atoms with Gasteiger partial charge in [-0.1, -0.05) is 18.2 Å². The minimum absolute atomic E-state index is 0.178. The lowest BCUT2D eigenvalue weighted by Crippen LogP contribution is -2.41. The van der Waals surface area contributed by atoms with Crippen LogP contribution < -0.4 is 0 Å². The van der Waals surface area contributed by atoms with E-state index in [4.69, 9.17) is 9.31 Å². The fourth-order valence-electron chi connectivity index (χ4n) is 2.22. The molecule has 1 aliphatic heterocycles. The number of benzene rings is 1. The van der Waals surface area contributed by atoms with Gasteiger partial charge in [-0.25, -0.2) is 0 Å². The van der Waals surface area contributed by atoms with Crippen molar-refractivity contribution in [1.29, 1.82) is 0 Å². The molecule has 5 heteroatoms. The molecule has 1 heterocycles. The van der Waals surface area contributed by atoms with Gasteiger partial charge in [0.15, 0.2) is 0 Å². The van der Waals surface area contributed by atoms with Crippen molar-refractivity contribution in [3.8, 4) is 5.75 Å². The lowest BCUT2D eigenvalue weighted by molar-refractivity contribution is 0.00578. The summed E-state index contributed by atoms with van der Waals surface area (Å²) < 4.78 is 11.9. The van der Waals surface area contributed by atoms with Gasteiger partial charge in [0.2, 0.25) is 0 Å². The Hall–Kier alpha value is -1.30. The van der Waals surface area contributed by atoms with Crippen molar-refractivity contribution in [2.75, 3.05) is 6.61 Å².